The summed E-state index contributed by atoms with van der Waals surface area (Å²) in [4.78, 5) is 50.1. The molecule has 11 heteroatoms. The molecule has 1 aliphatic rings. The van der Waals surface area contributed by atoms with Gasteiger partial charge in [0.15, 0.2) is 11.5 Å². The Morgan fingerprint density at radius 2 is 1.74 bits per heavy atom. The second-order valence-corrected chi connectivity index (χ2v) is 9.28. The number of nitrogens with one attached hydrogen (secondary N) is 1. The molecular formula is C27H20BrClN2O7. The van der Waals surface area contributed by atoms with Gasteiger partial charge in [-0.3, -0.25) is 14.9 Å². The molecule has 0 aliphatic carbocycles. The van der Waals surface area contributed by atoms with E-state index in [2.05, 4.69) is 21.2 Å². The van der Waals surface area contributed by atoms with Gasteiger partial charge < -0.3 is 14.6 Å². The Labute approximate surface area is 230 Å². The van der Waals surface area contributed by atoms with Gasteiger partial charge in [0.25, 0.3) is 11.8 Å². The average molecular weight is 600 g/mol. The van der Waals surface area contributed by atoms with Gasteiger partial charge in [-0.1, -0.05) is 23.7 Å². The lowest BCUT2D eigenvalue weighted by atomic mass is 10.1. The van der Waals surface area contributed by atoms with E-state index < -0.39 is 23.8 Å². The molecule has 1 heterocycles. The number of nitrogens with zero attached hydrogens (tertiary/aromatic N) is 1. The van der Waals surface area contributed by atoms with E-state index in [1.807, 2.05) is 12.1 Å². The zero-order valence-corrected chi connectivity index (χ0v) is 22.2. The third-order valence-electron chi connectivity index (χ3n) is 5.41. The van der Waals surface area contributed by atoms with Gasteiger partial charge >= 0.3 is 12.0 Å². The number of carboxylic acid groups (broad SMARTS) is 1. The summed E-state index contributed by atoms with van der Waals surface area (Å²) in [6.07, 6.45) is 1.33. The summed E-state index contributed by atoms with van der Waals surface area (Å²) in [5.74, 6) is -2.07. The lowest BCUT2D eigenvalue weighted by molar-refractivity contribution is -0.122. The van der Waals surface area contributed by atoms with E-state index in [0.29, 0.717) is 33.2 Å². The van der Waals surface area contributed by atoms with Crippen molar-refractivity contribution >= 4 is 63.1 Å². The number of halogens is 2. The molecule has 3 aromatic carbocycles. The number of hydrogen-bond donors (Lipinski definition) is 2. The van der Waals surface area contributed by atoms with Crippen LogP contribution < -0.4 is 19.7 Å². The molecule has 0 bridgehead atoms. The third-order valence-corrected chi connectivity index (χ3v) is 6.25. The number of carboxylic acids is 1. The standard InChI is InChI=1S/C27H20BrClN2O7/c1-2-37-22-13-16(12-21(28)23(22)38-14-15-3-7-18(29)8-4-15)11-20-24(32)30-27(36)31(25(20)33)19-9-5-17(6-10-19)26(34)35/h3-13H,2,14H2,1H3,(H,34,35)(H,30,32,36)/b20-11+. The quantitative estimate of drug-likeness (QED) is 0.261. The first-order chi connectivity index (χ1) is 18.2. The minimum atomic E-state index is -1.15. The van der Waals surface area contributed by atoms with Crippen molar-refractivity contribution in [3.8, 4) is 11.5 Å². The number of benzene rings is 3. The molecule has 0 atom stereocenters. The van der Waals surface area contributed by atoms with Crippen molar-refractivity contribution in [2.24, 2.45) is 0 Å². The molecule has 0 spiro atoms. The first-order valence-corrected chi connectivity index (χ1v) is 12.4. The Kier molecular flexibility index (Phi) is 8.13. The third kappa shape index (κ3) is 5.87. The summed E-state index contributed by atoms with van der Waals surface area (Å²) in [5, 5.41) is 11.8. The van der Waals surface area contributed by atoms with Crippen LogP contribution in [0.15, 0.2) is 70.7 Å². The Morgan fingerprint density at radius 3 is 2.37 bits per heavy atom. The van der Waals surface area contributed by atoms with Crippen molar-refractivity contribution in [3.05, 3.63) is 92.4 Å². The summed E-state index contributed by atoms with van der Waals surface area (Å²) in [7, 11) is 0. The molecule has 4 rings (SSSR count). The van der Waals surface area contributed by atoms with E-state index in [1.54, 1.807) is 31.2 Å². The van der Waals surface area contributed by atoms with Crippen LogP contribution in [0.25, 0.3) is 6.08 Å². The lowest BCUT2D eigenvalue weighted by Gasteiger charge is -2.26. The van der Waals surface area contributed by atoms with Crippen molar-refractivity contribution in [3.63, 3.8) is 0 Å². The lowest BCUT2D eigenvalue weighted by Crippen LogP contribution is -2.54. The molecule has 0 unspecified atom stereocenters. The second kappa shape index (κ2) is 11.5. The number of carbonyl (C=O) groups is 4. The smallest absolute Gasteiger partial charge is 0.335 e. The second-order valence-electron chi connectivity index (χ2n) is 7.99. The van der Waals surface area contributed by atoms with E-state index in [9.17, 15) is 19.2 Å². The maximum atomic E-state index is 13.2. The largest absolute Gasteiger partial charge is 0.490 e. The molecule has 2 N–H and O–H groups in total. The fourth-order valence-corrected chi connectivity index (χ4v) is 4.32. The van der Waals surface area contributed by atoms with Crippen molar-refractivity contribution in [1.82, 2.24) is 5.32 Å². The van der Waals surface area contributed by atoms with Crippen LogP contribution in [-0.4, -0.2) is 35.5 Å². The van der Waals surface area contributed by atoms with Gasteiger partial charge in [0.1, 0.15) is 12.2 Å². The zero-order chi connectivity index (χ0) is 27.4. The minimum absolute atomic E-state index is 0.0165. The summed E-state index contributed by atoms with van der Waals surface area (Å²) >= 11 is 9.41. The first-order valence-electron chi connectivity index (χ1n) is 11.3. The van der Waals surface area contributed by atoms with E-state index in [-0.39, 0.29) is 23.4 Å². The summed E-state index contributed by atoms with van der Waals surface area (Å²) in [5.41, 5.74) is 1.13. The molecule has 1 fully saturated rings. The van der Waals surface area contributed by atoms with Gasteiger partial charge in [-0.25, -0.2) is 14.5 Å². The van der Waals surface area contributed by atoms with Crippen LogP contribution in [0.4, 0.5) is 10.5 Å². The molecule has 0 saturated carbocycles. The van der Waals surface area contributed by atoms with Crippen molar-refractivity contribution in [1.29, 1.82) is 0 Å². The Balaban J connectivity index is 1.64. The monoisotopic (exact) mass is 598 g/mol. The topological polar surface area (TPSA) is 122 Å². The molecular weight excluding hydrogens is 580 g/mol. The van der Waals surface area contributed by atoms with Crippen molar-refractivity contribution < 1.29 is 33.8 Å². The molecule has 9 nitrogen and oxygen atoms in total. The zero-order valence-electron chi connectivity index (χ0n) is 19.9. The molecule has 0 aromatic heterocycles. The number of barbiturate groups is 1. The number of aromatic carboxylic acids is 1. The molecule has 0 radical (unpaired) electrons. The molecule has 194 valence electrons. The van der Waals surface area contributed by atoms with E-state index in [4.69, 9.17) is 26.2 Å². The Bertz CT molecular complexity index is 1450. The Morgan fingerprint density at radius 1 is 1.05 bits per heavy atom. The summed E-state index contributed by atoms with van der Waals surface area (Å²) in [6, 6.07) is 14.6. The van der Waals surface area contributed by atoms with E-state index in [0.717, 1.165) is 10.5 Å². The van der Waals surface area contributed by atoms with Crippen LogP contribution in [0.2, 0.25) is 5.02 Å². The fourth-order valence-electron chi connectivity index (χ4n) is 3.62. The van der Waals surface area contributed by atoms with Crippen molar-refractivity contribution in [2.75, 3.05) is 11.5 Å². The predicted octanol–water partition coefficient (Wildman–Crippen LogP) is 5.44. The van der Waals surface area contributed by atoms with Crippen LogP contribution in [0.1, 0.15) is 28.4 Å². The number of carbonyl (C=O) groups excluding carboxylic acids is 3. The number of ether oxygens (including phenoxy) is 2. The molecule has 1 saturated heterocycles. The predicted molar refractivity (Wildman–Crippen MR) is 143 cm³/mol. The highest BCUT2D eigenvalue weighted by Crippen LogP contribution is 2.38. The van der Waals surface area contributed by atoms with Gasteiger partial charge in [-0.15, -0.1) is 0 Å². The van der Waals surface area contributed by atoms with Crippen molar-refractivity contribution in [2.45, 2.75) is 13.5 Å². The highest BCUT2D eigenvalue weighted by Gasteiger charge is 2.37. The van der Waals surface area contributed by atoms with Crippen LogP contribution in [0.3, 0.4) is 0 Å². The number of amides is 4. The van der Waals surface area contributed by atoms with Gasteiger partial charge in [0.05, 0.1) is 22.3 Å². The maximum Gasteiger partial charge on any atom is 0.335 e. The van der Waals surface area contributed by atoms with E-state index in [1.165, 1.54) is 30.3 Å². The number of urea groups is 1. The first kappa shape index (κ1) is 26.9. The summed E-state index contributed by atoms with van der Waals surface area (Å²) in [6.45, 7) is 2.38. The Hall–Kier alpha value is -4.15. The van der Waals surface area contributed by atoms with Crippen LogP contribution >= 0.6 is 27.5 Å². The molecule has 38 heavy (non-hydrogen) atoms. The number of imide groups is 2. The van der Waals surface area contributed by atoms with Gasteiger partial charge in [0, 0.05) is 5.02 Å². The van der Waals surface area contributed by atoms with E-state index >= 15 is 0 Å². The normalized spacial score (nSPS) is 14.4. The number of anilines is 1. The van der Waals surface area contributed by atoms with Crippen LogP contribution in [-0.2, 0) is 16.2 Å². The van der Waals surface area contributed by atoms with Gasteiger partial charge in [-0.05, 0) is 88.6 Å². The highest BCUT2D eigenvalue weighted by atomic mass is 79.9. The molecule has 1 aliphatic heterocycles. The average Bonchev–Trinajstić information content (AvgIpc) is 2.87. The number of hydrogen-bond acceptors (Lipinski definition) is 6. The maximum absolute atomic E-state index is 13.2. The minimum Gasteiger partial charge on any atom is -0.490 e. The fraction of sp³-hybridized carbons (Fsp3) is 0.111. The van der Waals surface area contributed by atoms with Crippen LogP contribution in [0, 0.1) is 0 Å². The SMILES string of the molecule is CCOc1cc(/C=C2\C(=O)NC(=O)N(c3ccc(C(=O)O)cc3)C2=O)cc(Br)c1OCc1ccc(Cl)cc1. The molecule has 3 aromatic rings. The van der Waals surface area contributed by atoms with Gasteiger partial charge in [0.2, 0.25) is 0 Å². The number of rotatable bonds is 8. The summed E-state index contributed by atoms with van der Waals surface area (Å²) < 4.78 is 12.2. The van der Waals surface area contributed by atoms with Gasteiger partial charge in [-0.2, -0.15) is 0 Å². The highest BCUT2D eigenvalue weighted by molar-refractivity contribution is 9.10. The van der Waals surface area contributed by atoms with Crippen LogP contribution in [0.5, 0.6) is 11.5 Å². The molecule has 4 amide bonds.